The van der Waals surface area contributed by atoms with Gasteiger partial charge in [0.1, 0.15) is 5.69 Å². The second kappa shape index (κ2) is 5.30. The van der Waals surface area contributed by atoms with Gasteiger partial charge in [-0.25, -0.2) is 4.98 Å². The number of ether oxygens (including phenoxy) is 1. The summed E-state index contributed by atoms with van der Waals surface area (Å²) in [7, 11) is 0. The highest BCUT2D eigenvalue weighted by Gasteiger charge is 2.34. The van der Waals surface area contributed by atoms with Crippen molar-refractivity contribution in [3.05, 3.63) is 21.0 Å². The van der Waals surface area contributed by atoms with Crippen LogP contribution >= 0.6 is 38.5 Å². The number of nitrogens with zero attached hydrogens (tertiary/aromatic N) is 1. The molecule has 8 heteroatoms. The fraction of sp³-hybridized carbons (Fsp3) is 0.250. The third-order valence-corrected chi connectivity index (χ3v) is 3.33. The van der Waals surface area contributed by atoms with Gasteiger partial charge in [0.25, 0.3) is 0 Å². The lowest BCUT2D eigenvalue weighted by Gasteiger charge is -2.13. The van der Waals surface area contributed by atoms with Gasteiger partial charge in [-0.1, -0.05) is 15.9 Å². The molecule has 1 aromatic heterocycles. The van der Waals surface area contributed by atoms with E-state index in [0.29, 0.717) is 10.9 Å². The molecule has 0 radical (unpaired) electrons. The number of hydrogen-bond acceptors (Lipinski definition) is 3. The van der Waals surface area contributed by atoms with Gasteiger partial charge in [0.05, 0.1) is 3.57 Å². The van der Waals surface area contributed by atoms with Crippen LogP contribution in [0.15, 0.2) is 6.20 Å². The Balaban J connectivity index is 3.26. The number of pyridine rings is 1. The summed E-state index contributed by atoms with van der Waals surface area (Å²) in [4.78, 5) is 14.1. The zero-order chi connectivity index (χ0) is 12.3. The van der Waals surface area contributed by atoms with Crippen molar-refractivity contribution in [2.24, 2.45) is 0 Å². The monoisotopic (exact) mass is 409 g/mol. The van der Waals surface area contributed by atoms with E-state index in [1.165, 1.54) is 6.20 Å². The molecule has 0 atom stereocenters. The van der Waals surface area contributed by atoms with Gasteiger partial charge in [-0.2, -0.15) is 0 Å². The van der Waals surface area contributed by atoms with Crippen molar-refractivity contribution in [1.82, 2.24) is 4.98 Å². The Morgan fingerprint density at radius 2 is 2.19 bits per heavy atom. The van der Waals surface area contributed by atoms with Crippen LogP contribution in [0.25, 0.3) is 0 Å². The molecule has 0 saturated carbocycles. The summed E-state index contributed by atoms with van der Waals surface area (Å²) < 4.78 is 40.3. The van der Waals surface area contributed by atoms with Crippen molar-refractivity contribution in [1.29, 1.82) is 0 Å². The maximum atomic E-state index is 12.1. The summed E-state index contributed by atoms with van der Waals surface area (Å²) in [5.74, 6) is -0.556. The number of aromatic nitrogens is 1. The molecule has 3 nitrogen and oxygen atoms in total. The molecule has 1 rings (SSSR count). The van der Waals surface area contributed by atoms with Crippen LogP contribution in [-0.4, -0.2) is 17.6 Å². The number of halogens is 5. The van der Waals surface area contributed by atoms with Gasteiger partial charge in [-0.05, 0) is 28.2 Å². The lowest BCUT2D eigenvalue weighted by atomic mass is 10.2. The van der Waals surface area contributed by atoms with Gasteiger partial charge < -0.3 is 4.74 Å². The maximum absolute atomic E-state index is 12.1. The predicted molar refractivity (Wildman–Crippen MR) is 61.7 cm³/mol. The van der Waals surface area contributed by atoms with E-state index >= 15 is 0 Å². The fourth-order valence-electron chi connectivity index (χ4n) is 0.911. The van der Waals surface area contributed by atoms with E-state index in [0.717, 1.165) is 0 Å². The van der Waals surface area contributed by atoms with Gasteiger partial charge in [0.2, 0.25) is 0 Å². The summed E-state index contributed by atoms with van der Waals surface area (Å²) in [6, 6.07) is 0. The number of alkyl halides is 4. The van der Waals surface area contributed by atoms with Crippen molar-refractivity contribution in [3.8, 4) is 5.75 Å². The molecule has 0 amide bonds. The third kappa shape index (κ3) is 3.30. The van der Waals surface area contributed by atoms with Crippen LogP contribution in [0.2, 0.25) is 0 Å². The predicted octanol–water partition coefficient (Wildman–Crippen LogP) is 3.29. The highest BCUT2D eigenvalue weighted by Crippen LogP contribution is 2.32. The number of carbonyl (C=O) groups is 1. The van der Waals surface area contributed by atoms with E-state index in [4.69, 9.17) is 0 Å². The zero-order valence-electron chi connectivity index (χ0n) is 7.52. The van der Waals surface area contributed by atoms with E-state index in [-0.39, 0.29) is 15.6 Å². The lowest BCUT2D eigenvalue weighted by molar-refractivity contribution is -0.275. The SMILES string of the molecule is O=Cc1ncc(CBr)c(I)c1OC(F)(F)F. The normalized spacial score (nSPS) is 11.3. The highest BCUT2D eigenvalue weighted by atomic mass is 127. The highest BCUT2D eigenvalue weighted by molar-refractivity contribution is 14.1. The quantitative estimate of drug-likeness (QED) is 0.437. The molecule has 0 aliphatic carbocycles. The number of hydrogen-bond donors (Lipinski definition) is 0. The molecule has 0 aromatic carbocycles. The van der Waals surface area contributed by atoms with E-state index < -0.39 is 12.1 Å². The minimum atomic E-state index is -4.84. The van der Waals surface area contributed by atoms with Crippen molar-refractivity contribution in [2.45, 2.75) is 11.7 Å². The molecule has 0 unspecified atom stereocenters. The van der Waals surface area contributed by atoms with Crippen LogP contribution in [0.4, 0.5) is 13.2 Å². The van der Waals surface area contributed by atoms with Crippen LogP contribution < -0.4 is 4.74 Å². The standard InChI is InChI=1S/C8H4BrF3INO2/c9-1-4-2-14-5(3-15)7(6(4)13)16-8(10,11)12/h2-3H,1H2. The topological polar surface area (TPSA) is 39.2 Å². The molecule has 1 heterocycles. The summed E-state index contributed by atoms with van der Waals surface area (Å²) in [6.07, 6.45) is -3.30. The Morgan fingerprint density at radius 3 is 2.62 bits per heavy atom. The number of carbonyl (C=O) groups excluding carboxylic acids is 1. The van der Waals surface area contributed by atoms with Crippen molar-refractivity contribution < 1.29 is 22.7 Å². The van der Waals surface area contributed by atoms with Crippen LogP contribution in [0.1, 0.15) is 16.1 Å². The second-order valence-electron chi connectivity index (χ2n) is 2.61. The average molecular weight is 410 g/mol. The molecule has 0 bridgehead atoms. The van der Waals surface area contributed by atoms with Crippen molar-refractivity contribution in [3.63, 3.8) is 0 Å². The summed E-state index contributed by atoms with van der Waals surface area (Å²) >= 11 is 4.77. The van der Waals surface area contributed by atoms with Crippen LogP contribution in [0, 0.1) is 3.57 Å². The smallest absolute Gasteiger partial charge is 0.402 e. The zero-order valence-corrected chi connectivity index (χ0v) is 11.3. The molecule has 0 aliphatic rings. The Morgan fingerprint density at radius 1 is 1.56 bits per heavy atom. The Hall–Kier alpha value is -0.380. The summed E-state index contributed by atoms with van der Waals surface area (Å²) in [6.45, 7) is 0. The minimum absolute atomic E-state index is 0.212. The lowest BCUT2D eigenvalue weighted by Crippen LogP contribution is -2.19. The Labute approximate surface area is 111 Å². The van der Waals surface area contributed by atoms with Gasteiger partial charge in [-0.15, -0.1) is 13.2 Å². The Kier molecular flexibility index (Phi) is 4.53. The van der Waals surface area contributed by atoms with Gasteiger partial charge >= 0.3 is 6.36 Å². The van der Waals surface area contributed by atoms with Crippen molar-refractivity contribution in [2.75, 3.05) is 0 Å². The number of aldehydes is 1. The molecular weight excluding hydrogens is 406 g/mol. The first-order valence-corrected chi connectivity index (χ1v) is 6.03. The summed E-state index contributed by atoms with van der Waals surface area (Å²) in [5, 5.41) is 0.325. The first kappa shape index (κ1) is 13.7. The molecule has 88 valence electrons. The molecule has 0 aliphatic heterocycles. The first-order chi connectivity index (χ1) is 7.39. The molecule has 0 fully saturated rings. The molecule has 1 aromatic rings. The first-order valence-electron chi connectivity index (χ1n) is 3.83. The molecule has 0 N–H and O–H groups in total. The van der Waals surface area contributed by atoms with E-state index in [2.05, 4.69) is 25.7 Å². The summed E-state index contributed by atoms with van der Waals surface area (Å²) in [5.41, 5.74) is 0.150. The molecule has 0 saturated heterocycles. The molecule has 0 spiro atoms. The van der Waals surface area contributed by atoms with E-state index in [1.807, 2.05) is 0 Å². The second-order valence-corrected chi connectivity index (χ2v) is 4.25. The minimum Gasteiger partial charge on any atom is -0.402 e. The van der Waals surface area contributed by atoms with E-state index in [1.54, 1.807) is 22.6 Å². The van der Waals surface area contributed by atoms with Crippen LogP contribution in [0.3, 0.4) is 0 Å². The largest absolute Gasteiger partial charge is 0.573 e. The average Bonchev–Trinajstić information content (AvgIpc) is 2.19. The third-order valence-electron chi connectivity index (χ3n) is 1.55. The molecule has 16 heavy (non-hydrogen) atoms. The van der Waals surface area contributed by atoms with Gasteiger partial charge in [-0.3, -0.25) is 4.79 Å². The maximum Gasteiger partial charge on any atom is 0.573 e. The van der Waals surface area contributed by atoms with Gasteiger partial charge in [0.15, 0.2) is 12.0 Å². The van der Waals surface area contributed by atoms with Crippen LogP contribution in [-0.2, 0) is 5.33 Å². The molecular formula is C8H4BrF3INO2. The van der Waals surface area contributed by atoms with Gasteiger partial charge in [0, 0.05) is 11.5 Å². The van der Waals surface area contributed by atoms with E-state index in [9.17, 15) is 18.0 Å². The van der Waals surface area contributed by atoms with Crippen molar-refractivity contribution >= 4 is 44.8 Å². The Bertz CT molecular complexity index is 411. The number of rotatable bonds is 3. The van der Waals surface area contributed by atoms with Crippen LogP contribution in [0.5, 0.6) is 5.75 Å². The fourth-order valence-corrected chi connectivity index (χ4v) is 2.58.